The van der Waals surface area contributed by atoms with E-state index in [1.807, 2.05) is 52.9 Å². The molecular weight excluding hydrogens is 342 g/mol. The van der Waals surface area contributed by atoms with Gasteiger partial charge in [-0.25, -0.2) is 4.79 Å². The van der Waals surface area contributed by atoms with Crippen LogP contribution in [0.5, 0.6) is 0 Å². The van der Waals surface area contributed by atoms with Crippen LogP contribution in [0.2, 0.25) is 0 Å². The van der Waals surface area contributed by atoms with Gasteiger partial charge in [0.2, 0.25) is 5.95 Å². The number of urea groups is 1. The summed E-state index contributed by atoms with van der Waals surface area (Å²) < 4.78 is 1.89. The van der Waals surface area contributed by atoms with Crippen molar-refractivity contribution in [3.8, 4) is 11.3 Å². The molecule has 2 aromatic heterocycles. The summed E-state index contributed by atoms with van der Waals surface area (Å²) in [6.45, 7) is 2.72. The normalized spacial score (nSPS) is 14.3. The predicted molar refractivity (Wildman–Crippen MR) is 103 cm³/mol. The standard InChI is InChI=1S/C19H21N7O/c1-24-14-21-23-18(24)25-9-11-26(12-10-25)19(27)22-16-7-8-20-17(13-16)15-5-3-2-4-6-15/h2-8,13-14H,9-12H2,1H3,(H,20,22,27). The predicted octanol–water partition coefficient (Wildman–Crippen LogP) is 2.23. The van der Waals surface area contributed by atoms with Gasteiger partial charge in [-0.05, 0) is 12.1 Å². The van der Waals surface area contributed by atoms with E-state index in [4.69, 9.17) is 0 Å². The van der Waals surface area contributed by atoms with Crippen LogP contribution in [-0.4, -0.2) is 56.9 Å². The Kier molecular flexibility index (Phi) is 4.69. The van der Waals surface area contributed by atoms with Crippen LogP contribution >= 0.6 is 0 Å². The van der Waals surface area contributed by atoms with Crippen LogP contribution < -0.4 is 10.2 Å². The number of nitrogens with one attached hydrogen (secondary N) is 1. The fourth-order valence-corrected chi connectivity index (χ4v) is 3.15. The average Bonchev–Trinajstić information content (AvgIpc) is 3.15. The van der Waals surface area contributed by atoms with Crippen molar-refractivity contribution in [3.05, 3.63) is 55.0 Å². The molecule has 2 amide bonds. The number of benzene rings is 1. The van der Waals surface area contributed by atoms with Crippen LogP contribution in [0.3, 0.4) is 0 Å². The number of carbonyl (C=O) groups is 1. The maximum atomic E-state index is 12.6. The lowest BCUT2D eigenvalue weighted by molar-refractivity contribution is 0.208. The summed E-state index contributed by atoms with van der Waals surface area (Å²) in [6.07, 6.45) is 3.39. The van der Waals surface area contributed by atoms with Crippen LogP contribution in [0.25, 0.3) is 11.3 Å². The highest BCUT2D eigenvalue weighted by atomic mass is 16.2. The fraction of sp³-hybridized carbons (Fsp3) is 0.263. The molecule has 1 aliphatic heterocycles. The van der Waals surface area contributed by atoms with E-state index < -0.39 is 0 Å². The van der Waals surface area contributed by atoms with Crippen LogP contribution in [0.15, 0.2) is 55.0 Å². The van der Waals surface area contributed by atoms with E-state index in [1.54, 1.807) is 18.6 Å². The van der Waals surface area contributed by atoms with E-state index >= 15 is 0 Å². The second-order valence-electron chi connectivity index (χ2n) is 6.44. The number of rotatable bonds is 3. The van der Waals surface area contributed by atoms with Gasteiger partial charge in [0.25, 0.3) is 0 Å². The van der Waals surface area contributed by atoms with Gasteiger partial charge in [-0.3, -0.25) is 4.98 Å². The molecule has 1 aromatic carbocycles. The van der Waals surface area contributed by atoms with Crippen LogP contribution in [0.1, 0.15) is 0 Å². The quantitative estimate of drug-likeness (QED) is 0.772. The van der Waals surface area contributed by atoms with E-state index in [1.165, 1.54) is 0 Å². The van der Waals surface area contributed by atoms with E-state index in [2.05, 4.69) is 25.4 Å². The topological polar surface area (TPSA) is 79.2 Å². The largest absolute Gasteiger partial charge is 0.337 e. The van der Waals surface area contributed by atoms with Gasteiger partial charge in [-0.1, -0.05) is 30.3 Å². The maximum absolute atomic E-state index is 12.6. The summed E-state index contributed by atoms with van der Waals surface area (Å²) in [5.74, 6) is 0.830. The third-order valence-corrected chi connectivity index (χ3v) is 4.62. The van der Waals surface area contributed by atoms with Gasteiger partial charge in [-0.2, -0.15) is 0 Å². The molecule has 0 radical (unpaired) electrons. The molecule has 0 saturated carbocycles. The second kappa shape index (κ2) is 7.45. The molecule has 0 unspecified atom stereocenters. The molecule has 8 nitrogen and oxygen atoms in total. The van der Waals surface area contributed by atoms with Crippen molar-refractivity contribution >= 4 is 17.7 Å². The molecule has 0 spiro atoms. The first kappa shape index (κ1) is 17.0. The Bertz CT molecular complexity index is 917. The first-order valence-corrected chi connectivity index (χ1v) is 8.87. The van der Waals surface area contributed by atoms with E-state index in [0.717, 1.165) is 36.0 Å². The third-order valence-electron chi connectivity index (χ3n) is 4.62. The van der Waals surface area contributed by atoms with Gasteiger partial charge in [0.05, 0.1) is 5.69 Å². The number of pyridine rings is 1. The smallest absolute Gasteiger partial charge is 0.321 e. The number of anilines is 2. The summed E-state index contributed by atoms with van der Waals surface area (Å²) >= 11 is 0. The Balaban J connectivity index is 1.38. The molecule has 138 valence electrons. The Hall–Kier alpha value is -3.42. The summed E-state index contributed by atoms with van der Waals surface area (Å²) in [5, 5.41) is 11.0. The van der Waals surface area contributed by atoms with Crippen molar-refractivity contribution in [3.63, 3.8) is 0 Å². The Morgan fingerprint density at radius 1 is 1.07 bits per heavy atom. The SMILES string of the molecule is Cn1cnnc1N1CCN(C(=O)Nc2ccnc(-c3ccccc3)c2)CC1. The molecule has 1 N–H and O–H groups in total. The van der Waals surface area contributed by atoms with Crippen molar-refractivity contribution in [1.82, 2.24) is 24.6 Å². The minimum Gasteiger partial charge on any atom is -0.337 e. The van der Waals surface area contributed by atoms with Crippen LogP contribution in [0, 0.1) is 0 Å². The van der Waals surface area contributed by atoms with Crippen molar-refractivity contribution in [2.45, 2.75) is 0 Å². The van der Waals surface area contributed by atoms with Gasteiger partial charge in [0, 0.05) is 50.7 Å². The fourth-order valence-electron chi connectivity index (χ4n) is 3.15. The Morgan fingerprint density at radius 2 is 1.85 bits per heavy atom. The number of hydrogen-bond donors (Lipinski definition) is 1. The zero-order valence-corrected chi connectivity index (χ0v) is 15.1. The molecule has 3 heterocycles. The zero-order valence-electron chi connectivity index (χ0n) is 15.1. The zero-order chi connectivity index (χ0) is 18.6. The minimum absolute atomic E-state index is 0.0992. The van der Waals surface area contributed by atoms with Gasteiger partial charge in [0.1, 0.15) is 6.33 Å². The average molecular weight is 363 g/mol. The molecule has 0 aliphatic carbocycles. The molecule has 1 saturated heterocycles. The molecule has 4 rings (SSSR count). The van der Waals surface area contributed by atoms with Crippen LogP contribution in [0.4, 0.5) is 16.4 Å². The highest BCUT2D eigenvalue weighted by Gasteiger charge is 2.23. The van der Waals surface area contributed by atoms with Gasteiger partial charge >= 0.3 is 6.03 Å². The number of nitrogens with zero attached hydrogens (tertiary/aromatic N) is 6. The molecule has 3 aromatic rings. The summed E-state index contributed by atoms with van der Waals surface area (Å²) in [7, 11) is 1.92. The number of hydrogen-bond acceptors (Lipinski definition) is 5. The summed E-state index contributed by atoms with van der Waals surface area (Å²) in [5.41, 5.74) is 2.59. The van der Waals surface area contributed by atoms with Crippen molar-refractivity contribution in [2.75, 3.05) is 36.4 Å². The molecule has 27 heavy (non-hydrogen) atoms. The summed E-state index contributed by atoms with van der Waals surface area (Å²) in [4.78, 5) is 21.0. The van der Waals surface area contributed by atoms with Gasteiger partial charge in [-0.15, -0.1) is 10.2 Å². The van der Waals surface area contributed by atoms with E-state index in [-0.39, 0.29) is 6.03 Å². The number of aromatic nitrogens is 4. The number of piperazine rings is 1. The van der Waals surface area contributed by atoms with Crippen molar-refractivity contribution < 1.29 is 4.79 Å². The molecular formula is C19H21N7O. The lowest BCUT2D eigenvalue weighted by atomic mass is 10.1. The molecule has 0 atom stereocenters. The lowest BCUT2D eigenvalue weighted by Gasteiger charge is -2.34. The number of carbonyl (C=O) groups excluding carboxylic acids is 1. The molecule has 0 bridgehead atoms. The third kappa shape index (κ3) is 3.74. The lowest BCUT2D eigenvalue weighted by Crippen LogP contribution is -2.50. The Morgan fingerprint density at radius 3 is 2.56 bits per heavy atom. The van der Waals surface area contributed by atoms with Gasteiger partial charge in [0.15, 0.2) is 0 Å². The highest BCUT2D eigenvalue weighted by molar-refractivity contribution is 5.90. The van der Waals surface area contributed by atoms with E-state index in [9.17, 15) is 4.79 Å². The van der Waals surface area contributed by atoms with Crippen molar-refractivity contribution in [1.29, 1.82) is 0 Å². The first-order chi connectivity index (χ1) is 13.2. The second-order valence-corrected chi connectivity index (χ2v) is 6.44. The molecule has 1 aliphatic rings. The maximum Gasteiger partial charge on any atom is 0.321 e. The minimum atomic E-state index is -0.0992. The van der Waals surface area contributed by atoms with Crippen molar-refractivity contribution in [2.24, 2.45) is 7.05 Å². The highest BCUT2D eigenvalue weighted by Crippen LogP contribution is 2.20. The van der Waals surface area contributed by atoms with Gasteiger partial charge < -0.3 is 19.7 Å². The van der Waals surface area contributed by atoms with Crippen LogP contribution in [-0.2, 0) is 7.05 Å². The summed E-state index contributed by atoms with van der Waals surface area (Å²) in [6, 6.07) is 13.5. The molecule has 1 fully saturated rings. The monoisotopic (exact) mass is 363 g/mol. The number of amides is 2. The number of aryl methyl sites for hydroxylation is 1. The van der Waals surface area contributed by atoms with E-state index in [0.29, 0.717) is 13.1 Å². The molecule has 8 heteroatoms. The Labute approximate surface area is 157 Å². The first-order valence-electron chi connectivity index (χ1n) is 8.87.